The van der Waals surface area contributed by atoms with Crippen LogP contribution in [0.3, 0.4) is 0 Å². The summed E-state index contributed by atoms with van der Waals surface area (Å²) in [5.41, 5.74) is 15.5. The molecule has 0 amide bonds. The average molecular weight is 699 g/mol. The molecule has 0 fully saturated rings. The predicted molar refractivity (Wildman–Crippen MR) is 236 cm³/mol. The van der Waals surface area contributed by atoms with Crippen LogP contribution in [0.4, 0.5) is 0 Å². The first-order valence-electron chi connectivity index (χ1n) is 19.3. The molecule has 1 aliphatic carbocycles. The fraction of sp³-hybridized carbons (Fsp3) is 0.0545. The van der Waals surface area contributed by atoms with Crippen molar-refractivity contribution in [2.24, 2.45) is 0 Å². The first-order chi connectivity index (χ1) is 27.0. The molecular formula is C55H38. The highest BCUT2D eigenvalue weighted by Gasteiger charge is 2.36. The molecule has 11 rings (SSSR count). The SMILES string of the molecule is CC1(C)c2cc(-c3ccc(-c4c5ccccc5c(-c5ccc(-c6cccc7ccccc67)cc5)c5ccccc45)cc3)ccc2-c2c1ccc1ccccc21. The summed E-state index contributed by atoms with van der Waals surface area (Å²) in [7, 11) is 0. The van der Waals surface area contributed by atoms with Crippen LogP contribution in [0.2, 0.25) is 0 Å². The van der Waals surface area contributed by atoms with E-state index in [0.29, 0.717) is 0 Å². The molecule has 0 saturated heterocycles. The maximum absolute atomic E-state index is 2.43. The molecule has 0 aliphatic heterocycles. The molecule has 0 N–H and O–H groups in total. The number of hydrogen-bond acceptors (Lipinski definition) is 0. The molecule has 0 spiro atoms. The molecule has 0 nitrogen and oxygen atoms in total. The van der Waals surface area contributed by atoms with Crippen molar-refractivity contribution in [3.63, 3.8) is 0 Å². The van der Waals surface area contributed by atoms with Crippen molar-refractivity contribution in [2.75, 3.05) is 0 Å². The molecule has 1 aliphatic rings. The van der Waals surface area contributed by atoms with E-state index >= 15 is 0 Å². The van der Waals surface area contributed by atoms with E-state index in [1.54, 1.807) is 0 Å². The highest BCUT2D eigenvalue weighted by Crippen LogP contribution is 2.52. The molecule has 0 radical (unpaired) electrons. The van der Waals surface area contributed by atoms with Crippen LogP contribution >= 0.6 is 0 Å². The maximum Gasteiger partial charge on any atom is 0.0159 e. The monoisotopic (exact) mass is 698 g/mol. The van der Waals surface area contributed by atoms with Gasteiger partial charge >= 0.3 is 0 Å². The summed E-state index contributed by atoms with van der Waals surface area (Å²) >= 11 is 0. The van der Waals surface area contributed by atoms with E-state index in [1.165, 1.54) is 110 Å². The Morgan fingerprint density at radius 1 is 0.273 bits per heavy atom. The molecule has 0 aromatic heterocycles. The summed E-state index contributed by atoms with van der Waals surface area (Å²) in [6.07, 6.45) is 0. The third kappa shape index (κ3) is 4.85. The molecule has 55 heavy (non-hydrogen) atoms. The standard InChI is InChI=1S/C55H38/c1-55(2)50-33-31-37-13-4-6-16-44(37)54(50)49-32-30-41(34-51(49)55)35-22-26-39(27-23-35)52-45-17-7-9-19-47(45)53(48-20-10-8-18-46(48)52)40-28-24-38(25-29-40)43-21-11-14-36-12-3-5-15-42(36)43/h3-34H,1-2H3. The number of fused-ring (bicyclic) bond motifs is 8. The van der Waals surface area contributed by atoms with Crippen LogP contribution in [0.25, 0.3) is 98.7 Å². The lowest BCUT2D eigenvalue weighted by Gasteiger charge is -2.22. The van der Waals surface area contributed by atoms with E-state index in [1.807, 2.05) is 0 Å². The minimum Gasteiger partial charge on any atom is -0.0616 e. The van der Waals surface area contributed by atoms with Gasteiger partial charge in [0.15, 0.2) is 0 Å². The van der Waals surface area contributed by atoms with Crippen molar-refractivity contribution in [1.82, 2.24) is 0 Å². The topological polar surface area (TPSA) is 0 Å². The van der Waals surface area contributed by atoms with Crippen LogP contribution in [0.15, 0.2) is 194 Å². The zero-order valence-electron chi connectivity index (χ0n) is 31.0. The molecule has 0 unspecified atom stereocenters. The Balaban J connectivity index is 1.00. The van der Waals surface area contributed by atoms with Gasteiger partial charge in [0.2, 0.25) is 0 Å². The Bertz CT molecular complexity index is 3080. The Kier molecular flexibility index (Phi) is 7.00. The Hall–Kier alpha value is -6.76. The molecule has 10 aromatic rings. The van der Waals surface area contributed by atoms with E-state index in [-0.39, 0.29) is 5.41 Å². The Morgan fingerprint density at radius 2 is 0.727 bits per heavy atom. The summed E-state index contributed by atoms with van der Waals surface area (Å²) in [6, 6.07) is 72.1. The first-order valence-corrected chi connectivity index (χ1v) is 19.3. The predicted octanol–water partition coefficient (Wildman–Crippen LogP) is 15.3. The molecule has 0 bridgehead atoms. The largest absolute Gasteiger partial charge is 0.0616 e. The second-order valence-electron chi connectivity index (χ2n) is 15.6. The highest BCUT2D eigenvalue weighted by atomic mass is 14.4. The molecule has 0 heterocycles. The third-order valence-electron chi connectivity index (χ3n) is 12.3. The van der Waals surface area contributed by atoms with Gasteiger partial charge in [0, 0.05) is 5.41 Å². The van der Waals surface area contributed by atoms with Crippen LogP contribution in [0.5, 0.6) is 0 Å². The van der Waals surface area contributed by atoms with Gasteiger partial charge in [0.1, 0.15) is 0 Å². The fourth-order valence-electron chi connectivity index (χ4n) is 9.56. The van der Waals surface area contributed by atoms with Gasteiger partial charge in [-0.15, -0.1) is 0 Å². The number of benzene rings is 10. The second-order valence-corrected chi connectivity index (χ2v) is 15.6. The van der Waals surface area contributed by atoms with Crippen molar-refractivity contribution < 1.29 is 0 Å². The van der Waals surface area contributed by atoms with E-state index < -0.39 is 0 Å². The van der Waals surface area contributed by atoms with Crippen LogP contribution in [-0.2, 0) is 5.41 Å². The number of rotatable bonds is 4. The normalized spacial score (nSPS) is 13.1. The van der Waals surface area contributed by atoms with Gasteiger partial charge in [0.05, 0.1) is 0 Å². The smallest absolute Gasteiger partial charge is 0.0159 e. The Labute approximate surface area is 322 Å². The minimum absolute atomic E-state index is 0.0690. The van der Waals surface area contributed by atoms with Crippen LogP contribution in [0.1, 0.15) is 25.0 Å². The third-order valence-corrected chi connectivity index (χ3v) is 12.3. The Morgan fingerprint density at radius 3 is 1.33 bits per heavy atom. The van der Waals surface area contributed by atoms with Crippen molar-refractivity contribution in [3.05, 3.63) is 205 Å². The lowest BCUT2D eigenvalue weighted by Crippen LogP contribution is -2.15. The summed E-state index contributed by atoms with van der Waals surface area (Å²) in [5.74, 6) is 0. The van der Waals surface area contributed by atoms with Gasteiger partial charge in [-0.3, -0.25) is 0 Å². The lowest BCUT2D eigenvalue weighted by molar-refractivity contribution is 0.661. The molecule has 0 saturated carbocycles. The van der Waals surface area contributed by atoms with Crippen molar-refractivity contribution in [3.8, 4) is 55.6 Å². The summed E-state index contributed by atoms with van der Waals surface area (Å²) in [5, 5.41) is 10.3. The summed E-state index contributed by atoms with van der Waals surface area (Å²) in [4.78, 5) is 0. The highest BCUT2D eigenvalue weighted by molar-refractivity contribution is 6.21. The first kappa shape index (κ1) is 31.7. The summed E-state index contributed by atoms with van der Waals surface area (Å²) < 4.78 is 0. The maximum atomic E-state index is 2.43. The van der Waals surface area contributed by atoms with E-state index in [2.05, 4.69) is 208 Å². The van der Waals surface area contributed by atoms with Crippen molar-refractivity contribution >= 4 is 43.1 Å². The van der Waals surface area contributed by atoms with Gasteiger partial charge in [-0.05, 0) is 116 Å². The van der Waals surface area contributed by atoms with E-state index in [0.717, 1.165) is 0 Å². The van der Waals surface area contributed by atoms with Gasteiger partial charge in [-0.1, -0.05) is 202 Å². The molecule has 0 atom stereocenters. The molecule has 10 aromatic carbocycles. The fourth-order valence-corrected chi connectivity index (χ4v) is 9.56. The molecule has 258 valence electrons. The zero-order chi connectivity index (χ0) is 36.7. The van der Waals surface area contributed by atoms with Gasteiger partial charge < -0.3 is 0 Å². The van der Waals surface area contributed by atoms with Gasteiger partial charge in [-0.2, -0.15) is 0 Å². The second kappa shape index (κ2) is 12.1. The van der Waals surface area contributed by atoms with Crippen LogP contribution < -0.4 is 0 Å². The van der Waals surface area contributed by atoms with Crippen LogP contribution in [0, 0.1) is 0 Å². The summed E-state index contributed by atoms with van der Waals surface area (Å²) in [6.45, 7) is 4.75. The number of hydrogen-bond donors (Lipinski definition) is 0. The van der Waals surface area contributed by atoms with Crippen LogP contribution in [-0.4, -0.2) is 0 Å². The molecule has 0 heteroatoms. The molecular weight excluding hydrogens is 661 g/mol. The van der Waals surface area contributed by atoms with E-state index in [4.69, 9.17) is 0 Å². The van der Waals surface area contributed by atoms with Crippen molar-refractivity contribution in [1.29, 1.82) is 0 Å². The van der Waals surface area contributed by atoms with Gasteiger partial charge in [-0.25, -0.2) is 0 Å². The minimum atomic E-state index is -0.0690. The van der Waals surface area contributed by atoms with Gasteiger partial charge in [0.25, 0.3) is 0 Å². The zero-order valence-corrected chi connectivity index (χ0v) is 31.0. The van der Waals surface area contributed by atoms with Crippen molar-refractivity contribution in [2.45, 2.75) is 19.3 Å². The van der Waals surface area contributed by atoms with E-state index in [9.17, 15) is 0 Å². The average Bonchev–Trinajstić information content (AvgIpc) is 3.48. The lowest BCUT2D eigenvalue weighted by atomic mass is 9.81. The quantitative estimate of drug-likeness (QED) is 0.161.